The Balaban J connectivity index is 1.87. The summed E-state index contributed by atoms with van der Waals surface area (Å²) in [4.78, 5) is 26.7. The standard InChI is InChI=1S/C17H13F2N3O2/c18-12-6-7-14(13(19)8-12)21-16(23)15-9-20-17(24)22(15)10-11-4-2-1-3-5-11/h1-9H,10H2,(H,20,24)(H,21,23). The predicted molar refractivity (Wildman–Crippen MR) is 84.9 cm³/mol. The maximum Gasteiger partial charge on any atom is 0.326 e. The number of H-pyrrole nitrogens is 1. The summed E-state index contributed by atoms with van der Waals surface area (Å²) in [7, 11) is 0. The number of carbonyl (C=O) groups excluding carboxylic acids is 1. The number of aromatic amines is 1. The number of benzene rings is 2. The van der Waals surface area contributed by atoms with E-state index in [-0.39, 0.29) is 17.9 Å². The highest BCUT2D eigenvalue weighted by molar-refractivity contribution is 6.03. The average molecular weight is 329 g/mol. The maximum atomic E-state index is 13.6. The minimum absolute atomic E-state index is 0.0487. The number of anilines is 1. The molecular formula is C17H13F2N3O2. The summed E-state index contributed by atoms with van der Waals surface area (Å²) >= 11 is 0. The van der Waals surface area contributed by atoms with E-state index in [1.807, 2.05) is 30.3 Å². The molecule has 24 heavy (non-hydrogen) atoms. The molecule has 0 saturated carbocycles. The van der Waals surface area contributed by atoms with Gasteiger partial charge in [-0.1, -0.05) is 30.3 Å². The van der Waals surface area contributed by atoms with Gasteiger partial charge in [0.25, 0.3) is 5.91 Å². The molecular weight excluding hydrogens is 316 g/mol. The molecule has 5 nitrogen and oxygen atoms in total. The second-order valence-electron chi connectivity index (χ2n) is 5.13. The van der Waals surface area contributed by atoms with E-state index in [0.29, 0.717) is 6.07 Å². The van der Waals surface area contributed by atoms with Crippen LogP contribution < -0.4 is 11.0 Å². The van der Waals surface area contributed by atoms with Crippen LogP contribution in [-0.4, -0.2) is 15.5 Å². The molecule has 2 aromatic carbocycles. The van der Waals surface area contributed by atoms with Crippen LogP contribution in [-0.2, 0) is 6.54 Å². The van der Waals surface area contributed by atoms with Gasteiger partial charge < -0.3 is 10.3 Å². The molecule has 0 aliphatic rings. The Hall–Kier alpha value is -3.22. The third-order valence-electron chi connectivity index (χ3n) is 3.46. The fraction of sp³-hybridized carbons (Fsp3) is 0.0588. The molecule has 0 fully saturated rings. The molecule has 1 amide bonds. The third kappa shape index (κ3) is 3.24. The average Bonchev–Trinajstić information content (AvgIpc) is 2.92. The number of aromatic nitrogens is 2. The molecule has 0 radical (unpaired) electrons. The molecule has 0 atom stereocenters. The van der Waals surface area contributed by atoms with Gasteiger partial charge in [-0.25, -0.2) is 13.6 Å². The Bertz CT molecular complexity index is 933. The number of hydrogen-bond acceptors (Lipinski definition) is 2. The number of nitrogens with one attached hydrogen (secondary N) is 2. The van der Waals surface area contributed by atoms with E-state index < -0.39 is 23.2 Å². The van der Waals surface area contributed by atoms with Gasteiger partial charge in [0.15, 0.2) is 0 Å². The van der Waals surface area contributed by atoms with Crippen molar-refractivity contribution in [1.82, 2.24) is 9.55 Å². The maximum absolute atomic E-state index is 13.6. The number of rotatable bonds is 4. The van der Waals surface area contributed by atoms with E-state index in [9.17, 15) is 18.4 Å². The zero-order valence-corrected chi connectivity index (χ0v) is 12.4. The Morgan fingerprint density at radius 3 is 2.58 bits per heavy atom. The van der Waals surface area contributed by atoms with E-state index >= 15 is 0 Å². The van der Waals surface area contributed by atoms with Crippen LogP contribution in [0.3, 0.4) is 0 Å². The normalized spacial score (nSPS) is 10.6. The first-order valence-corrected chi connectivity index (χ1v) is 7.13. The Labute approximate surface area is 135 Å². The van der Waals surface area contributed by atoms with E-state index in [1.54, 1.807) is 0 Å². The van der Waals surface area contributed by atoms with Gasteiger partial charge in [-0.2, -0.15) is 0 Å². The zero-order valence-electron chi connectivity index (χ0n) is 12.4. The summed E-state index contributed by atoms with van der Waals surface area (Å²) in [6, 6.07) is 11.9. The lowest BCUT2D eigenvalue weighted by molar-refractivity contribution is 0.101. The number of halogens is 2. The van der Waals surface area contributed by atoms with Crippen LogP contribution in [0.5, 0.6) is 0 Å². The van der Waals surface area contributed by atoms with Gasteiger partial charge in [0.05, 0.1) is 12.2 Å². The van der Waals surface area contributed by atoms with Crippen molar-refractivity contribution >= 4 is 11.6 Å². The molecule has 122 valence electrons. The highest BCUT2D eigenvalue weighted by Crippen LogP contribution is 2.16. The topological polar surface area (TPSA) is 66.9 Å². The van der Waals surface area contributed by atoms with Crippen LogP contribution in [0.15, 0.2) is 59.5 Å². The van der Waals surface area contributed by atoms with Crippen LogP contribution in [0.25, 0.3) is 0 Å². The highest BCUT2D eigenvalue weighted by Gasteiger charge is 2.16. The van der Waals surface area contributed by atoms with Crippen LogP contribution in [0, 0.1) is 11.6 Å². The van der Waals surface area contributed by atoms with Crippen LogP contribution in [0.4, 0.5) is 14.5 Å². The van der Waals surface area contributed by atoms with Crippen molar-refractivity contribution in [2.45, 2.75) is 6.54 Å². The third-order valence-corrected chi connectivity index (χ3v) is 3.46. The Kier molecular flexibility index (Phi) is 4.24. The van der Waals surface area contributed by atoms with Crippen molar-refractivity contribution in [3.05, 3.63) is 88.1 Å². The van der Waals surface area contributed by atoms with Gasteiger partial charge in [-0.05, 0) is 17.7 Å². The van der Waals surface area contributed by atoms with Crippen molar-refractivity contribution in [2.75, 3.05) is 5.32 Å². The Morgan fingerprint density at radius 2 is 1.88 bits per heavy atom. The summed E-state index contributed by atoms with van der Waals surface area (Å²) in [6.45, 7) is 0.192. The van der Waals surface area contributed by atoms with E-state index in [2.05, 4.69) is 10.3 Å². The van der Waals surface area contributed by atoms with Crippen LogP contribution in [0.1, 0.15) is 16.1 Å². The number of nitrogens with zero attached hydrogens (tertiary/aromatic N) is 1. The predicted octanol–water partition coefficient (Wildman–Crippen LogP) is 2.76. The minimum atomic E-state index is -0.893. The van der Waals surface area contributed by atoms with Gasteiger partial charge in [0.2, 0.25) is 0 Å². The first-order chi connectivity index (χ1) is 11.5. The van der Waals surface area contributed by atoms with Gasteiger partial charge in [0.1, 0.15) is 17.3 Å². The molecule has 3 rings (SSSR count). The first kappa shape index (κ1) is 15.7. The summed E-state index contributed by atoms with van der Waals surface area (Å²) < 4.78 is 27.8. The second-order valence-corrected chi connectivity index (χ2v) is 5.13. The lowest BCUT2D eigenvalue weighted by Crippen LogP contribution is -2.24. The van der Waals surface area contributed by atoms with E-state index in [4.69, 9.17) is 0 Å². The lowest BCUT2D eigenvalue weighted by Gasteiger charge is -2.09. The zero-order chi connectivity index (χ0) is 17.1. The van der Waals surface area contributed by atoms with Crippen molar-refractivity contribution in [3.63, 3.8) is 0 Å². The van der Waals surface area contributed by atoms with Crippen molar-refractivity contribution in [3.8, 4) is 0 Å². The van der Waals surface area contributed by atoms with Crippen molar-refractivity contribution < 1.29 is 13.6 Å². The number of carbonyl (C=O) groups is 1. The quantitative estimate of drug-likeness (QED) is 0.773. The molecule has 0 aliphatic carbocycles. The van der Waals surface area contributed by atoms with E-state index in [0.717, 1.165) is 17.7 Å². The molecule has 7 heteroatoms. The molecule has 1 heterocycles. The molecule has 2 N–H and O–H groups in total. The molecule has 0 bridgehead atoms. The molecule has 3 aromatic rings. The Morgan fingerprint density at radius 1 is 1.12 bits per heavy atom. The number of hydrogen-bond donors (Lipinski definition) is 2. The lowest BCUT2D eigenvalue weighted by atomic mass is 10.2. The SMILES string of the molecule is O=C(Nc1ccc(F)cc1F)c1c[nH]c(=O)n1Cc1ccccc1. The largest absolute Gasteiger partial charge is 0.326 e. The summed E-state index contributed by atoms with van der Waals surface area (Å²) in [5.74, 6) is -2.31. The monoisotopic (exact) mass is 329 g/mol. The second kappa shape index (κ2) is 6.49. The molecule has 0 spiro atoms. The number of amides is 1. The van der Waals surface area contributed by atoms with E-state index in [1.165, 1.54) is 10.8 Å². The van der Waals surface area contributed by atoms with Gasteiger partial charge in [-0.3, -0.25) is 9.36 Å². The van der Waals surface area contributed by atoms with Gasteiger partial charge >= 0.3 is 5.69 Å². The van der Waals surface area contributed by atoms with Gasteiger partial charge in [0, 0.05) is 12.3 Å². The van der Waals surface area contributed by atoms with Crippen molar-refractivity contribution in [1.29, 1.82) is 0 Å². The van der Waals surface area contributed by atoms with Crippen molar-refractivity contribution in [2.24, 2.45) is 0 Å². The summed E-state index contributed by atoms with van der Waals surface area (Å²) in [6.07, 6.45) is 1.25. The molecule has 0 aliphatic heterocycles. The fourth-order valence-corrected chi connectivity index (χ4v) is 2.28. The minimum Gasteiger partial charge on any atom is -0.318 e. The van der Waals surface area contributed by atoms with Crippen LogP contribution in [0.2, 0.25) is 0 Å². The summed E-state index contributed by atoms with van der Waals surface area (Å²) in [5, 5.41) is 2.33. The fourth-order valence-electron chi connectivity index (χ4n) is 2.28. The summed E-state index contributed by atoms with van der Waals surface area (Å²) in [5.41, 5.74) is 0.263. The molecule has 0 saturated heterocycles. The highest BCUT2D eigenvalue weighted by atomic mass is 19.1. The molecule has 1 aromatic heterocycles. The molecule has 0 unspecified atom stereocenters. The smallest absolute Gasteiger partial charge is 0.318 e. The van der Waals surface area contributed by atoms with Gasteiger partial charge in [-0.15, -0.1) is 0 Å². The number of imidazole rings is 1. The first-order valence-electron chi connectivity index (χ1n) is 7.13. The van der Waals surface area contributed by atoms with Crippen LogP contribution >= 0.6 is 0 Å².